The Balaban J connectivity index is 2.32. The summed E-state index contributed by atoms with van der Waals surface area (Å²) in [6, 6.07) is 7.45. The molecule has 108 valence electrons. The van der Waals surface area contributed by atoms with Crippen LogP contribution in [0.2, 0.25) is 0 Å². The van der Waals surface area contributed by atoms with E-state index in [0.717, 1.165) is 6.26 Å². The maximum absolute atomic E-state index is 13.0. The summed E-state index contributed by atoms with van der Waals surface area (Å²) in [5, 5.41) is 4.14. The Morgan fingerprint density at radius 3 is 2.48 bits per heavy atom. The van der Waals surface area contributed by atoms with Crippen LogP contribution >= 0.6 is 15.9 Å². The number of sulfone groups is 1. The van der Waals surface area contributed by atoms with Crippen molar-refractivity contribution >= 4 is 31.3 Å². The molecule has 0 bridgehead atoms. The van der Waals surface area contributed by atoms with Gasteiger partial charge in [0.25, 0.3) is 0 Å². The SMILES string of the molecule is CS(=O)(=O)c1nccc2c(Br)c(-c3ccc(F)cc3)nn12. The first-order chi connectivity index (χ1) is 9.88. The number of halogens is 2. The van der Waals surface area contributed by atoms with Crippen LogP contribution in [0.4, 0.5) is 4.39 Å². The van der Waals surface area contributed by atoms with Gasteiger partial charge in [-0.1, -0.05) is 0 Å². The zero-order valence-corrected chi connectivity index (χ0v) is 13.2. The maximum Gasteiger partial charge on any atom is 0.248 e. The van der Waals surface area contributed by atoms with E-state index in [0.29, 0.717) is 21.2 Å². The Hall–Kier alpha value is -1.80. The number of hydrogen-bond donors (Lipinski definition) is 0. The molecule has 8 heteroatoms. The van der Waals surface area contributed by atoms with Gasteiger partial charge in [-0.15, -0.1) is 0 Å². The molecule has 0 aliphatic carbocycles. The highest BCUT2D eigenvalue weighted by atomic mass is 79.9. The topological polar surface area (TPSA) is 64.3 Å². The van der Waals surface area contributed by atoms with E-state index in [2.05, 4.69) is 26.0 Å². The lowest BCUT2D eigenvalue weighted by atomic mass is 10.1. The van der Waals surface area contributed by atoms with Gasteiger partial charge in [0.2, 0.25) is 15.0 Å². The van der Waals surface area contributed by atoms with E-state index >= 15 is 0 Å². The van der Waals surface area contributed by atoms with Crippen molar-refractivity contribution in [2.75, 3.05) is 6.26 Å². The minimum Gasteiger partial charge on any atom is -0.227 e. The van der Waals surface area contributed by atoms with Gasteiger partial charge in [-0.3, -0.25) is 0 Å². The summed E-state index contributed by atoms with van der Waals surface area (Å²) in [7, 11) is -3.51. The molecule has 2 aromatic heterocycles. The summed E-state index contributed by atoms with van der Waals surface area (Å²) in [6.07, 6.45) is 2.48. The molecule has 0 atom stereocenters. The van der Waals surface area contributed by atoms with E-state index < -0.39 is 9.84 Å². The van der Waals surface area contributed by atoms with Crippen LogP contribution in [0, 0.1) is 5.82 Å². The Kier molecular flexibility index (Phi) is 3.29. The second-order valence-corrected chi connectivity index (χ2v) is 7.17. The van der Waals surface area contributed by atoms with E-state index in [1.54, 1.807) is 18.2 Å². The molecule has 2 heterocycles. The van der Waals surface area contributed by atoms with Gasteiger partial charge in [0.05, 0.1) is 9.99 Å². The molecule has 3 rings (SSSR count). The second kappa shape index (κ2) is 4.88. The molecule has 0 N–H and O–H groups in total. The molecule has 0 amide bonds. The van der Waals surface area contributed by atoms with Crippen LogP contribution in [0.1, 0.15) is 0 Å². The van der Waals surface area contributed by atoms with Gasteiger partial charge in [0, 0.05) is 18.0 Å². The number of aromatic nitrogens is 3. The van der Waals surface area contributed by atoms with E-state index in [1.807, 2.05) is 0 Å². The molecule has 0 aliphatic rings. The third-order valence-corrected chi connectivity index (χ3v) is 4.63. The van der Waals surface area contributed by atoms with Crippen LogP contribution < -0.4 is 0 Å². The third kappa shape index (κ3) is 2.44. The number of benzene rings is 1. The first kappa shape index (κ1) is 14.2. The average Bonchev–Trinajstić information content (AvgIpc) is 2.76. The normalized spacial score (nSPS) is 12.0. The van der Waals surface area contributed by atoms with Crippen molar-refractivity contribution in [3.05, 3.63) is 46.8 Å². The molecule has 0 saturated heterocycles. The number of rotatable bonds is 2. The lowest BCUT2D eigenvalue weighted by molar-refractivity contribution is 0.585. The smallest absolute Gasteiger partial charge is 0.227 e. The van der Waals surface area contributed by atoms with E-state index in [4.69, 9.17) is 0 Å². The highest BCUT2D eigenvalue weighted by molar-refractivity contribution is 9.10. The van der Waals surface area contributed by atoms with Gasteiger partial charge in [0.15, 0.2) is 0 Å². The highest BCUT2D eigenvalue weighted by Crippen LogP contribution is 2.31. The van der Waals surface area contributed by atoms with Crippen molar-refractivity contribution in [2.45, 2.75) is 5.16 Å². The van der Waals surface area contributed by atoms with Crippen molar-refractivity contribution in [1.29, 1.82) is 0 Å². The molecular formula is C13H9BrFN3O2S. The predicted molar refractivity (Wildman–Crippen MR) is 79.2 cm³/mol. The summed E-state index contributed by atoms with van der Waals surface area (Å²) >= 11 is 3.41. The summed E-state index contributed by atoms with van der Waals surface area (Å²) in [5.74, 6) is -0.350. The van der Waals surface area contributed by atoms with E-state index in [-0.39, 0.29) is 11.0 Å². The van der Waals surface area contributed by atoms with Crippen LogP contribution in [-0.4, -0.2) is 29.3 Å². The van der Waals surface area contributed by atoms with Crippen LogP contribution in [0.5, 0.6) is 0 Å². The van der Waals surface area contributed by atoms with Gasteiger partial charge in [-0.2, -0.15) is 5.10 Å². The Labute approximate surface area is 128 Å². The van der Waals surface area contributed by atoms with Crippen LogP contribution in [-0.2, 0) is 9.84 Å². The zero-order chi connectivity index (χ0) is 15.2. The standard InChI is InChI=1S/C13H9BrFN3O2S/c1-21(19,20)13-16-7-6-10-11(14)12(17-18(10)13)8-2-4-9(15)5-3-8/h2-7H,1H3. The second-order valence-electron chi connectivity index (χ2n) is 4.47. The highest BCUT2D eigenvalue weighted by Gasteiger charge is 2.19. The summed E-state index contributed by atoms with van der Waals surface area (Å²) in [6.45, 7) is 0. The fourth-order valence-electron chi connectivity index (χ4n) is 1.97. The quantitative estimate of drug-likeness (QED) is 0.651. The van der Waals surface area contributed by atoms with Crippen molar-refractivity contribution in [3.8, 4) is 11.3 Å². The molecule has 0 spiro atoms. The number of nitrogens with zero attached hydrogens (tertiary/aromatic N) is 3. The molecule has 0 aliphatic heterocycles. The minimum absolute atomic E-state index is 0.144. The Morgan fingerprint density at radius 2 is 1.86 bits per heavy atom. The monoisotopic (exact) mass is 369 g/mol. The van der Waals surface area contributed by atoms with Crippen molar-refractivity contribution < 1.29 is 12.8 Å². The molecule has 0 radical (unpaired) electrons. The van der Waals surface area contributed by atoms with Gasteiger partial charge >= 0.3 is 0 Å². The van der Waals surface area contributed by atoms with Gasteiger partial charge in [0.1, 0.15) is 11.5 Å². The molecule has 3 aromatic rings. The fourth-order valence-corrected chi connectivity index (χ4v) is 3.29. The molecule has 21 heavy (non-hydrogen) atoms. The molecule has 5 nitrogen and oxygen atoms in total. The summed E-state index contributed by atoms with van der Waals surface area (Å²) in [4.78, 5) is 3.87. The van der Waals surface area contributed by atoms with E-state index in [9.17, 15) is 12.8 Å². The van der Waals surface area contributed by atoms with Crippen LogP contribution in [0.25, 0.3) is 16.8 Å². The minimum atomic E-state index is -3.51. The molecular weight excluding hydrogens is 361 g/mol. The molecule has 0 unspecified atom stereocenters. The average molecular weight is 370 g/mol. The maximum atomic E-state index is 13.0. The molecule has 1 aromatic carbocycles. The van der Waals surface area contributed by atoms with Gasteiger partial charge < -0.3 is 0 Å². The molecule has 0 saturated carbocycles. The summed E-state index contributed by atoms with van der Waals surface area (Å²) < 4.78 is 38.4. The van der Waals surface area contributed by atoms with Crippen LogP contribution in [0.15, 0.2) is 46.2 Å². The third-order valence-electron chi connectivity index (χ3n) is 2.91. The van der Waals surface area contributed by atoms with Crippen molar-refractivity contribution in [2.24, 2.45) is 0 Å². The molecule has 0 fully saturated rings. The first-order valence-electron chi connectivity index (χ1n) is 5.87. The number of fused-ring (bicyclic) bond motifs is 1. The number of hydrogen-bond acceptors (Lipinski definition) is 4. The Bertz CT molecular complexity index is 936. The van der Waals surface area contributed by atoms with E-state index in [1.165, 1.54) is 22.8 Å². The van der Waals surface area contributed by atoms with Crippen LogP contribution in [0.3, 0.4) is 0 Å². The lowest BCUT2D eigenvalue weighted by Crippen LogP contribution is -2.08. The summed E-state index contributed by atoms with van der Waals surface area (Å²) in [5.41, 5.74) is 1.77. The predicted octanol–water partition coefficient (Wildman–Crippen LogP) is 2.70. The van der Waals surface area contributed by atoms with Gasteiger partial charge in [-0.05, 0) is 46.3 Å². The Morgan fingerprint density at radius 1 is 1.19 bits per heavy atom. The lowest BCUT2D eigenvalue weighted by Gasteiger charge is -1.99. The van der Waals surface area contributed by atoms with Crippen molar-refractivity contribution in [1.82, 2.24) is 14.6 Å². The fraction of sp³-hybridized carbons (Fsp3) is 0.0769. The van der Waals surface area contributed by atoms with Gasteiger partial charge in [-0.25, -0.2) is 22.3 Å². The van der Waals surface area contributed by atoms with Crippen molar-refractivity contribution in [3.63, 3.8) is 0 Å². The zero-order valence-electron chi connectivity index (χ0n) is 10.8. The largest absolute Gasteiger partial charge is 0.248 e. The first-order valence-corrected chi connectivity index (χ1v) is 8.55.